The Morgan fingerprint density at radius 2 is 1.94 bits per heavy atom. The summed E-state index contributed by atoms with van der Waals surface area (Å²) in [4.78, 5) is 22.5. The molecule has 0 fully saturated rings. The van der Waals surface area contributed by atoms with E-state index in [1.54, 1.807) is 12.1 Å². The van der Waals surface area contributed by atoms with Crippen LogP contribution < -0.4 is 0 Å². The molecule has 0 atom stereocenters. The Bertz CT molecular complexity index is 414. The second-order valence-electron chi connectivity index (χ2n) is 3.05. The highest BCUT2D eigenvalue weighted by atomic mass is 35.5. The lowest BCUT2D eigenvalue weighted by molar-refractivity contribution is -0.139. The van der Waals surface area contributed by atoms with E-state index in [9.17, 15) is 9.59 Å². The highest BCUT2D eigenvalue weighted by molar-refractivity contribution is 6.30. The third-order valence-corrected chi connectivity index (χ3v) is 2.27. The summed E-state index contributed by atoms with van der Waals surface area (Å²) in [5.41, 5.74) is 0.809. The number of rotatable bonds is 3. The van der Waals surface area contributed by atoms with E-state index in [1.807, 2.05) is 0 Å². The van der Waals surface area contributed by atoms with Gasteiger partial charge >= 0.3 is 11.9 Å². The van der Waals surface area contributed by atoms with Gasteiger partial charge < -0.3 is 9.47 Å². The first kappa shape index (κ1) is 12.5. The first-order chi connectivity index (χ1) is 7.58. The molecule has 0 aliphatic carbocycles. The number of hydrogen-bond acceptors (Lipinski definition) is 4. The number of ether oxygens (including phenoxy) is 2. The van der Waals surface area contributed by atoms with Crippen LogP contribution in [0.15, 0.2) is 18.2 Å². The number of hydrogen-bond donors (Lipinski definition) is 0. The third kappa shape index (κ3) is 2.97. The van der Waals surface area contributed by atoms with Crippen molar-refractivity contribution in [3.8, 4) is 0 Å². The van der Waals surface area contributed by atoms with Crippen LogP contribution in [-0.2, 0) is 20.7 Å². The fourth-order valence-electron chi connectivity index (χ4n) is 1.25. The van der Waals surface area contributed by atoms with E-state index < -0.39 is 11.9 Å². The molecule has 0 amide bonds. The number of carbonyl (C=O) groups is 2. The first-order valence-electron chi connectivity index (χ1n) is 4.52. The fourth-order valence-corrected chi connectivity index (χ4v) is 1.44. The van der Waals surface area contributed by atoms with Gasteiger partial charge in [-0.2, -0.15) is 0 Å². The Labute approximate surface area is 98.1 Å². The standard InChI is InChI=1S/C11H11ClO4/c1-15-10(13)6-7-5-8(12)3-4-9(7)11(14)16-2/h3-5H,6H2,1-2H3. The SMILES string of the molecule is COC(=O)Cc1cc(Cl)ccc1C(=O)OC. The van der Waals surface area contributed by atoms with Crippen molar-refractivity contribution in [1.29, 1.82) is 0 Å². The molecule has 4 nitrogen and oxygen atoms in total. The molecule has 0 unspecified atom stereocenters. The second-order valence-corrected chi connectivity index (χ2v) is 3.48. The maximum atomic E-state index is 11.4. The number of esters is 2. The highest BCUT2D eigenvalue weighted by Crippen LogP contribution is 2.18. The molecule has 0 aromatic heterocycles. The minimum absolute atomic E-state index is 0.0124. The molecule has 0 aliphatic heterocycles. The molecule has 86 valence electrons. The molecule has 0 spiro atoms. The number of halogens is 1. The lowest BCUT2D eigenvalue weighted by Gasteiger charge is -2.07. The summed E-state index contributed by atoms with van der Waals surface area (Å²) in [7, 11) is 2.56. The Morgan fingerprint density at radius 3 is 2.50 bits per heavy atom. The molecule has 0 radical (unpaired) electrons. The van der Waals surface area contributed by atoms with Gasteiger partial charge in [0.1, 0.15) is 0 Å². The molecule has 0 heterocycles. The smallest absolute Gasteiger partial charge is 0.338 e. The number of benzene rings is 1. The van der Waals surface area contributed by atoms with Crippen molar-refractivity contribution < 1.29 is 19.1 Å². The van der Waals surface area contributed by atoms with Gasteiger partial charge in [-0.05, 0) is 23.8 Å². The van der Waals surface area contributed by atoms with Crippen LogP contribution in [0, 0.1) is 0 Å². The largest absolute Gasteiger partial charge is 0.469 e. The zero-order valence-corrected chi connectivity index (χ0v) is 9.71. The Balaban J connectivity index is 3.08. The summed E-state index contributed by atoms with van der Waals surface area (Å²) >= 11 is 5.79. The third-order valence-electron chi connectivity index (χ3n) is 2.04. The zero-order chi connectivity index (χ0) is 12.1. The van der Waals surface area contributed by atoms with E-state index in [1.165, 1.54) is 20.3 Å². The zero-order valence-electron chi connectivity index (χ0n) is 8.95. The topological polar surface area (TPSA) is 52.6 Å². The molecule has 0 N–H and O–H groups in total. The predicted molar refractivity (Wildman–Crippen MR) is 58.5 cm³/mol. The Kier molecular flexibility index (Phi) is 4.31. The minimum Gasteiger partial charge on any atom is -0.469 e. The van der Waals surface area contributed by atoms with Gasteiger partial charge in [0.2, 0.25) is 0 Å². The Morgan fingerprint density at radius 1 is 1.25 bits per heavy atom. The fraction of sp³-hybridized carbons (Fsp3) is 0.273. The van der Waals surface area contributed by atoms with Crippen LogP contribution in [0.4, 0.5) is 0 Å². The van der Waals surface area contributed by atoms with Gasteiger partial charge in [0.25, 0.3) is 0 Å². The quantitative estimate of drug-likeness (QED) is 0.759. The van der Waals surface area contributed by atoms with E-state index in [2.05, 4.69) is 9.47 Å². The van der Waals surface area contributed by atoms with Gasteiger partial charge in [0, 0.05) is 5.02 Å². The van der Waals surface area contributed by atoms with Gasteiger partial charge in [-0.25, -0.2) is 4.79 Å². The lowest BCUT2D eigenvalue weighted by Crippen LogP contribution is -2.11. The van der Waals surface area contributed by atoms with E-state index in [0.717, 1.165) is 0 Å². The van der Waals surface area contributed by atoms with E-state index in [-0.39, 0.29) is 6.42 Å². The van der Waals surface area contributed by atoms with Crippen LogP contribution in [0.2, 0.25) is 5.02 Å². The monoisotopic (exact) mass is 242 g/mol. The first-order valence-corrected chi connectivity index (χ1v) is 4.90. The van der Waals surface area contributed by atoms with Crippen LogP contribution in [0.3, 0.4) is 0 Å². The molecular formula is C11H11ClO4. The minimum atomic E-state index is -0.504. The molecule has 1 aromatic carbocycles. The van der Waals surface area contributed by atoms with Crippen molar-refractivity contribution >= 4 is 23.5 Å². The molecule has 5 heteroatoms. The molecule has 0 bridgehead atoms. The van der Waals surface area contributed by atoms with Crippen molar-refractivity contribution in [2.24, 2.45) is 0 Å². The summed E-state index contributed by atoms with van der Waals surface area (Å²) in [5.74, 6) is -0.942. The van der Waals surface area contributed by atoms with E-state index >= 15 is 0 Å². The summed E-state index contributed by atoms with van der Waals surface area (Å²) in [6, 6.07) is 4.63. The normalized spacial score (nSPS) is 9.69. The number of carbonyl (C=O) groups excluding carboxylic acids is 2. The van der Waals surface area contributed by atoms with Gasteiger partial charge in [-0.3, -0.25) is 4.79 Å². The summed E-state index contributed by atoms with van der Waals surface area (Å²) in [6.45, 7) is 0. The van der Waals surface area contributed by atoms with Crippen molar-refractivity contribution in [2.45, 2.75) is 6.42 Å². The van der Waals surface area contributed by atoms with Gasteiger partial charge in [-0.15, -0.1) is 0 Å². The van der Waals surface area contributed by atoms with Crippen LogP contribution in [0.5, 0.6) is 0 Å². The van der Waals surface area contributed by atoms with Crippen LogP contribution >= 0.6 is 11.6 Å². The summed E-state index contributed by atoms with van der Waals surface area (Å²) in [6.07, 6.45) is -0.0124. The molecule has 1 aromatic rings. The van der Waals surface area contributed by atoms with E-state index in [4.69, 9.17) is 11.6 Å². The molecule has 16 heavy (non-hydrogen) atoms. The average Bonchev–Trinajstić information content (AvgIpc) is 2.28. The van der Waals surface area contributed by atoms with E-state index in [0.29, 0.717) is 16.1 Å². The molecule has 1 rings (SSSR count). The van der Waals surface area contributed by atoms with Crippen molar-refractivity contribution in [1.82, 2.24) is 0 Å². The van der Waals surface area contributed by atoms with Crippen LogP contribution in [0.25, 0.3) is 0 Å². The molecular weight excluding hydrogens is 232 g/mol. The summed E-state index contributed by atoms with van der Waals surface area (Å²) in [5, 5.41) is 0.451. The van der Waals surface area contributed by atoms with Crippen molar-refractivity contribution in [2.75, 3.05) is 14.2 Å². The number of methoxy groups -OCH3 is 2. The predicted octanol–water partition coefficient (Wildman–Crippen LogP) is 1.84. The maximum Gasteiger partial charge on any atom is 0.338 e. The average molecular weight is 243 g/mol. The summed E-state index contributed by atoms with van der Waals surface area (Å²) < 4.78 is 9.13. The van der Waals surface area contributed by atoms with Crippen molar-refractivity contribution in [3.63, 3.8) is 0 Å². The van der Waals surface area contributed by atoms with Crippen LogP contribution in [-0.4, -0.2) is 26.2 Å². The van der Waals surface area contributed by atoms with Crippen LogP contribution in [0.1, 0.15) is 15.9 Å². The molecule has 0 saturated heterocycles. The lowest BCUT2D eigenvalue weighted by atomic mass is 10.0. The van der Waals surface area contributed by atoms with Gasteiger partial charge in [-0.1, -0.05) is 11.6 Å². The van der Waals surface area contributed by atoms with Crippen molar-refractivity contribution in [3.05, 3.63) is 34.3 Å². The second kappa shape index (κ2) is 5.51. The van der Waals surface area contributed by atoms with Gasteiger partial charge in [0.05, 0.1) is 26.2 Å². The molecule has 0 saturated carbocycles. The Hall–Kier alpha value is -1.55. The molecule has 0 aliphatic rings. The van der Waals surface area contributed by atoms with Gasteiger partial charge in [0.15, 0.2) is 0 Å². The highest BCUT2D eigenvalue weighted by Gasteiger charge is 2.15. The maximum absolute atomic E-state index is 11.4.